The minimum Gasteiger partial charge on any atom is -0.343 e. The second-order valence-corrected chi connectivity index (χ2v) is 6.44. The summed E-state index contributed by atoms with van der Waals surface area (Å²) in [7, 11) is 0. The molecule has 2 aliphatic heterocycles. The molecule has 2 heterocycles. The molecule has 136 valence electrons. The molecule has 0 aliphatic carbocycles. The van der Waals surface area contributed by atoms with Gasteiger partial charge in [-0.05, 0) is 50.1 Å². The van der Waals surface area contributed by atoms with Gasteiger partial charge in [0.25, 0.3) is 5.91 Å². The van der Waals surface area contributed by atoms with Gasteiger partial charge in [0.15, 0.2) is 0 Å². The molecule has 2 bridgehead atoms. The molecule has 8 heteroatoms. The zero-order valence-electron chi connectivity index (χ0n) is 13.6. The highest BCUT2D eigenvalue weighted by Crippen LogP contribution is 2.29. The van der Waals surface area contributed by atoms with Crippen LogP contribution in [0.1, 0.15) is 35.2 Å². The monoisotopic (exact) mass is 355 g/mol. The predicted octanol–water partition coefficient (Wildman–Crippen LogP) is 1.79. The number of amides is 2. The Morgan fingerprint density at radius 3 is 2.48 bits per heavy atom. The van der Waals surface area contributed by atoms with E-state index in [0.29, 0.717) is 0 Å². The number of hydrogen-bond donors (Lipinski definition) is 2. The Hall–Kier alpha value is -2.09. The molecule has 3 rings (SSSR count). The van der Waals surface area contributed by atoms with E-state index < -0.39 is 17.6 Å². The number of nitrogens with one attached hydrogen (secondary N) is 2. The van der Waals surface area contributed by atoms with Crippen molar-refractivity contribution < 1.29 is 22.8 Å². The van der Waals surface area contributed by atoms with Crippen LogP contribution in [0, 0.1) is 0 Å². The van der Waals surface area contributed by atoms with Crippen LogP contribution in [0.4, 0.5) is 13.2 Å². The lowest BCUT2D eigenvalue weighted by atomic mass is 10.1. The van der Waals surface area contributed by atoms with E-state index in [1.54, 1.807) is 0 Å². The molecular weight excluding hydrogens is 335 g/mol. The summed E-state index contributed by atoms with van der Waals surface area (Å²) in [6, 6.07) is 4.30. The smallest absolute Gasteiger partial charge is 0.343 e. The molecule has 25 heavy (non-hydrogen) atoms. The maximum Gasteiger partial charge on any atom is 0.416 e. The van der Waals surface area contributed by atoms with E-state index in [9.17, 15) is 22.8 Å². The second kappa shape index (κ2) is 7.03. The van der Waals surface area contributed by atoms with Crippen molar-refractivity contribution >= 4 is 11.8 Å². The molecule has 1 aromatic rings. The standard InChI is InChI=1S/C17H20F3N3O2/c18-17(19,20)12-3-1-11(2-4-12)16(25)22-10-15(24)23-13-5-6-14(23)9-21-8-7-13/h1-4,13-14,21H,5-10H2,(H,22,25). The number of hydrogen-bond acceptors (Lipinski definition) is 3. The van der Waals surface area contributed by atoms with Crippen molar-refractivity contribution in [3.63, 3.8) is 0 Å². The molecule has 1 aromatic carbocycles. The fraction of sp³-hybridized carbons (Fsp3) is 0.529. The molecule has 2 amide bonds. The zero-order chi connectivity index (χ0) is 18.0. The molecule has 5 nitrogen and oxygen atoms in total. The van der Waals surface area contributed by atoms with Crippen molar-refractivity contribution in [1.29, 1.82) is 0 Å². The number of halogens is 3. The molecule has 0 saturated carbocycles. The fourth-order valence-corrected chi connectivity index (χ4v) is 3.55. The largest absolute Gasteiger partial charge is 0.416 e. The van der Waals surface area contributed by atoms with Gasteiger partial charge in [-0.25, -0.2) is 0 Å². The highest BCUT2D eigenvalue weighted by molar-refractivity contribution is 5.96. The molecular formula is C17H20F3N3O2. The summed E-state index contributed by atoms with van der Waals surface area (Å²) in [5.41, 5.74) is -0.713. The van der Waals surface area contributed by atoms with Gasteiger partial charge < -0.3 is 15.5 Å². The first kappa shape index (κ1) is 17.7. The van der Waals surface area contributed by atoms with Crippen molar-refractivity contribution in [2.45, 2.75) is 37.5 Å². The number of benzene rings is 1. The van der Waals surface area contributed by atoms with Crippen LogP contribution >= 0.6 is 0 Å². The minimum absolute atomic E-state index is 0.0984. The molecule has 0 spiro atoms. The number of carbonyl (C=O) groups excluding carboxylic acids is 2. The molecule has 0 radical (unpaired) electrons. The number of alkyl halides is 3. The summed E-state index contributed by atoms with van der Waals surface area (Å²) >= 11 is 0. The Morgan fingerprint density at radius 1 is 1.12 bits per heavy atom. The van der Waals surface area contributed by atoms with Gasteiger partial charge in [-0.1, -0.05) is 0 Å². The van der Waals surface area contributed by atoms with E-state index in [1.165, 1.54) is 0 Å². The molecule has 2 N–H and O–H groups in total. The third kappa shape index (κ3) is 3.95. The van der Waals surface area contributed by atoms with Gasteiger partial charge in [0.1, 0.15) is 0 Å². The quantitative estimate of drug-likeness (QED) is 0.869. The van der Waals surface area contributed by atoms with Gasteiger partial charge in [0.05, 0.1) is 12.1 Å². The highest BCUT2D eigenvalue weighted by atomic mass is 19.4. The minimum atomic E-state index is -4.44. The Balaban J connectivity index is 1.57. The average Bonchev–Trinajstić information content (AvgIpc) is 2.84. The SMILES string of the molecule is O=C(NCC(=O)N1C2CCNCC1CC2)c1ccc(C(F)(F)F)cc1. The van der Waals surface area contributed by atoms with Gasteiger partial charge in [-0.3, -0.25) is 9.59 Å². The van der Waals surface area contributed by atoms with Crippen LogP contribution in [0.25, 0.3) is 0 Å². The Morgan fingerprint density at radius 2 is 1.80 bits per heavy atom. The lowest BCUT2D eigenvalue weighted by Gasteiger charge is -2.28. The summed E-state index contributed by atoms with van der Waals surface area (Å²) in [5, 5.41) is 5.81. The third-order valence-corrected chi connectivity index (χ3v) is 4.82. The topological polar surface area (TPSA) is 61.4 Å². The Labute approximate surface area is 143 Å². The number of fused-ring (bicyclic) bond motifs is 2. The number of carbonyl (C=O) groups is 2. The van der Waals surface area contributed by atoms with Crippen LogP contribution in [-0.2, 0) is 11.0 Å². The maximum absolute atomic E-state index is 12.5. The van der Waals surface area contributed by atoms with E-state index in [1.807, 2.05) is 4.90 Å². The summed E-state index contributed by atoms with van der Waals surface area (Å²) < 4.78 is 37.6. The van der Waals surface area contributed by atoms with Crippen LogP contribution in [0.3, 0.4) is 0 Å². The van der Waals surface area contributed by atoms with Crippen LogP contribution in [0.15, 0.2) is 24.3 Å². The molecule has 0 aromatic heterocycles. The van der Waals surface area contributed by atoms with E-state index >= 15 is 0 Å². The lowest BCUT2D eigenvalue weighted by molar-refractivity contribution is -0.137. The van der Waals surface area contributed by atoms with E-state index in [0.717, 1.165) is 56.6 Å². The second-order valence-electron chi connectivity index (χ2n) is 6.44. The molecule has 2 saturated heterocycles. The van der Waals surface area contributed by atoms with Crippen molar-refractivity contribution in [3.8, 4) is 0 Å². The van der Waals surface area contributed by atoms with Crippen LogP contribution < -0.4 is 10.6 Å². The number of nitrogens with zero attached hydrogens (tertiary/aromatic N) is 1. The van der Waals surface area contributed by atoms with Gasteiger partial charge in [-0.15, -0.1) is 0 Å². The van der Waals surface area contributed by atoms with Gasteiger partial charge in [0.2, 0.25) is 5.91 Å². The van der Waals surface area contributed by atoms with Crippen molar-refractivity contribution in [2.75, 3.05) is 19.6 Å². The first-order valence-corrected chi connectivity index (χ1v) is 8.33. The average molecular weight is 355 g/mol. The number of rotatable bonds is 3. The first-order valence-electron chi connectivity index (χ1n) is 8.33. The lowest BCUT2D eigenvalue weighted by Crippen LogP contribution is -2.47. The van der Waals surface area contributed by atoms with Crippen molar-refractivity contribution in [2.24, 2.45) is 0 Å². The molecule has 2 aliphatic rings. The highest BCUT2D eigenvalue weighted by Gasteiger charge is 2.37. The first-order chi connectivity index (χ1) is 11.9. The van der Waals surface area contributed by atoms with Crippen molar-refractivity contribution in [1.82, 2.24) is 15.5 Å². The van der Waals surface area contributed by atoms with Crippen LogP contribution in [0.5, 0.6) is 0 Å². The normalized spacial score (nSPS) is 23.2. The summed E-state index contributed by atoms with van der Waals surface area (Å²) in [4.78, 5) is 26.4. The van der Waals surface area contributed by atoms with E-state index in [2.05, 4.69) is 10.6 Å². The summed E-state index contributed by atoms with van der Waals surface area (Å²) in [6.45, 7) is 1.49. The maximum atomic E-state index is 12.5. The van der Waals surface area contributed by atoms with E-state index in [4.69, 9.17) is 0 Å². The summed E-state index contributed by atoms with van der Waals surface area (Å²) in [5.74, 6) is -0.696. The van der Waals surface area contributed by atoms with Gasteiger partial charge in [-0.2, -0.15) is 13.2 Å². The molecule has 2 atom stereocenters. The van der Waals surface area contributed by atoms with Crippen LogP contribution in [-0.4, -0.2) is 48.4 Å². The predicted molar refractivity (Wildman–Crippen MR) is 84.9 cm³/mol. The van der Waals surface area contributed by atoms with Crippen molar-refractivity contribution in [3.05, 3.63) is 35.4 Å². The summed E-state index contributed by atoms with van der Waals surface area (Å²) in [6.07, 6.45) is -1.61. The van der Waals surface area contributed by atoms with E-state index in [-0.39, 0.29) is 30.1 Å². The Bertz CT molecular complexity index is 632. The Kier molecular flexibility index (Phi) is 4.99. The van der Waals surface area contributed by atoms with Gasteiger partial charge >= 0.3 is 6.18 Å². The zero-order valence-corrected chi connectivity index (χ0v) is 13.6. The molecule has 2 unspecified atom stereocenters. The van der Waals surface area contributed by atoms with Crippen LogP contribution in [0.2, 0.25) is 0 Å². The molecule has 2 fully saturated rings. The van der Waals surface area contributed by atoms with Gasteiger partial charge in [0, 0.05) is 24.2 Å². The fourth-order valence-electron chi connectivity index (χ4n) is 3.55. The third-order valence-electron chi connectivity index (χ3n) is 4.82.